The molecule has 26 heavy (non-hydrogen) atoms. The molecule has 2 aromatic carbocycles. The van der Waals surface area contributed by atoms with E-state index in [2.05, 4.69) is 25.9 Å². The smallest absolute Gasteiger partial charge is 0.232 e. The van der Waals surface area contributed by atoms with Crippen molar-refractivity contribution in [2.45, 2.75) is 26.2 Å². The molecule has 0 aliphatic rings. The second kappa shape index (κ2) is 7.77. The minimum Gasteiger partial charge on any atom is -0.496 e. The molecule has 1 atom stereocenters. The van der Waals surface area contributed by atoms with Crippen molar-refractivity contribution < 1.29 is 9.53 Å². The molecule has 3 aromatic rings. The molecule has 0 bridgehead atoms. The van der Waals surface area contributed by atoms with Gasteiger partial charge in [-0.3, -0.25) is 15.1 Å². The number of rotatable bonds is 6. The number of aromatic nitrogens is 4. The number of aryl methyl sites for hydroxylation is 2. The third-order valence-corrected chi connectivity index (χ3v) is 4.23. The number of ether oxygens (including phenoxy) is 1. The van der Waals surface area contributed by atoms with E-state index in [4.69, 9.17) is 4.74 Å². The molecule has 0 saturated heterocycles. The zero-order chi connectivity index (χ0) is 18.5. The van der Waals surface area contributed by atoms with Crippen LogP contribution >= 0.6 is 0 Å². The molecule has 1 N–H and O–H groups in total. The Morgan fingerprint density at radius 2 is 2.04 bits per heavy atom. The number of hydrogen-bond acceptors (Lipinski definition) is 5. The maximum absolute atomic E-state index is 13.0. The standard InChI is InChI=1S/C19H21N5O2/c1-12-8-9-13(2)16(10-12)20-19(25)15(18-21-23-24-22-18)11-14-6-4-5-7-17(14)26-3/h4-10,15H,11H2,1-3H3,(H2,20,21,22,23,24,25)/p-1/t15-/m1/s1. The van der Waals surface area contributed by atoms with E-state index in [-0.39, 0.29) is 5.91 Å². The van der Waals surface area contributed by atoms with Crippen LogP contribution in [0.25, 0.3) is 0 Å². The number of methoxy groups -OCH3 is 1. The van der Waals surface area contributed by atoms with Crippen molar-refractivity contribution >= 4 is 11.6 Å². The van der Waals surface area contributed by atoms with Crippen molar-refractivity contribution in [2.75, 3.05) is 12.4 Å². The zero-order valence-electron chi connectivity index (χ0n) is 14.9. The quantitative estimate of drug-likeness (QED) is 0.734. The number of carbonyl (C=O) groups excluding carboxylic acids is 1. The molecule has 0 radical (unpaired) electrons. The van der Waals surface area contributed by atoms with Crippen LogP contribution < -0.4 is 15.2 Å². The van der Waals surface area contributed by atoms with Gasteiger partial charge in [-0.25, -0.2) is 0 Å². The van der Waals surface area contributed by atoms with E-state index in [0.29, 0.717) is 18.0 Å². The van der Waals surface area contributed by atoms with Gasteiger partial charge in [0, 0.05) is 11.5 Å². The Hall–Kier alpha value is -3.22. The number of hydrogen-bond donors (Lipinski definition) is 1. The molecule has 0 aliphatic heterocycles. The van der Waals surface area contributed by atoms with E-state index >= 15 is 0 Å². The van der Waals surface area contributed by atoms with Crippen molar-refractivity contribution in [3.05, 3.63) is 65.0 Å². The van der Waals surface area contributed by atoms with E-state index in [9.17, 15) is 4.79 Å². The predicted molar refractivity (Wildman–Crippen MR) is 97.1 cm³/mol. The van der Waals surface area contributed by atoms with Crippen LogP contribution in [0.3, 0.4) is 0 Å². The SMILES string of the molecule is COc1ccccc1C[C@@H](C(=O)Nc1cc(C)ccc1C)c1nnn[n-]1. The fourth-order valence-electron chi connectivity index (χ4n) is 2.77. The topological polar surface area (TPSA) is 91.1 Å². The van der Waals surface area contributed by atoms with Crippen LogP contribution in [-0.4, -0.2) is 28.5 Å². The molecule has 0 spiro atoms. The highest BCUT2D eigenvalue weighted by Gasteiger charge is 2.23. The van der Waals surface area contributed by atoms with Crippen molar-refractivity contribution in [1.82, 2.24) is 20.6 Å². The van der Waals surface area contributed by atoms with Crippen LogP contribution in [0, 0.1) is 13.8 Å². The lowest BCUT2D eigenvalue weighted by atomic mass is 9.96. The van der Waals surface area contributed by atoms with E-state index in [0.717, 1.165) is 22.4 Å². The van der Waals surface area contributed by atoms with E-state index in [1.165, 1.54) is 0 Å². The number of benzene rings is 2. The fraction of sp³-hybridized carbons (Fsp3) is 0.263. The van der Waals surface area contributed by atoms with Gasteiger partial charge in [-0.1, -0.05) is 30.3 Å². The summed E-state index contributed by atoms with van der Waals surface area (Å²) >= 11 is 0. The van der Waals surface area contributed by atoms with Crippen LogP contribution in [-0.2, 0) is 11.2 Å². The third-order valence-electron chi connectivity index (χ3n) is 4.23. The van der Waals surface area contributed by atoms with Gasteiger partial charge >= 0.3 is 0 Å². The van der Waals surface area contributed by atoms with Gasteiger partial charge in [0.15, 0.2) is 0 Å². The van der Waals surface area contributed by atoms with Crippen molar-refractivity contribution in [3.63, 3.8) is 0 Å². The van der Waals surface area contributed by atoms with Gasteiger partial charge in [-0.15, -0.1) is 0 Å². The Morgan fingerprint density at radius 3 is 2.77 bits per heavy atom. The Morgan fingerprint density at radius 1 is 1.23 bits per heavy atom. The summed E-state index contributed by atoms with van der Waals surface area (Å²) < 4.78 is 5.39. The van der Waals surface area contributed by atoms with Crippen molar-refractivity contribution in [2.24, 2.45) is 0 Å². The van der Waals surface area contributed by atoms with Gasteiger partial charge in [0.1, 0.15) is 5.75 Å². The number of tetrazole rings is 1. The number of anilines is 1. The van der Waals surface area contributed by atoms with Gasteiger partial charge in [-0.05, 0) is 49.1 Å². The Kier molecular flexibility index (Phi) is 5.26. The summed E-state index contributed by atoms with van der Waals surface area (Å²) in [4.78, 5) is 13.0. The Balaban J connectivity index is 1.89. The van der Waals surface area contributed by atoms with E-state index in [1.54, 1.807) is 7.11 Å². The van der Waals surface area contributed by atoms with E-state index in [1.807, 2.05) is 56.3 Å². The summed E-state index contributed by atoms with van der Waals surface area (Å²) in [5, 5.41) is 17.8. The molecule has 0 unspecified atom stereocenters. The second-order valence-electron chi connectivity index (χ2n) is 6.11. The summed E-state index contributed by atoms with van der Waals surface area (Å²) in [6.45, 7) is 3.93. The molecule has 0 aliphatic carbocycles. The molecule has 3 rings (SSSR count). The second-order valence-corrected chi connectivity index (χ2v) is 6.11. The average Bonchev–Trinajstić information content (AvgIpc) is 3.17. The molecule has 7 nitrogen and oxygen atoms in total. The number of nitrogens with one attached hydrogen (secondary N) is 1. The minimum absolute atomic E-state index is 0.209. The average molecular weight is 350 g/mol. The molecule has 1 heterocycles. The molecule has 1 amide bonds. The molecule has 0 saturated carbocycles. The van der Waals surface area contributed by atoms with Crippen LogP contribution in [0.15, 0.2) is 42.5 Å². The maximum atomic E-state index is 13.0. The number of amides is 1. The number of carbonyl (C=O) groups is 1. The van der Waals surface area contributed by atoms with Crippen molar-refractivity contribution in [1.29, 1.82) is 0 Å². The lowest BCUT2D eigenvalue weighted by molar-refractivity contribution is -0.117. The van der Waals surface area contributed by atoms with Crippen LogP contribution in [0.4, 0.5) is 5.69 Å². The van der Waals surface area contributed by atoms with Gasteiger partial charge in [0.05, 0.1) is 13.0 Å². The van der Waals surface area contributed by atoms with Gasteiger partial charge in [0.25, 0.3) is 0 Å². The normalized spacial score (nSPS) is 11.8. The highest BCUT2D eigenvalue weighted by Crippen LogP contribution is 2.26. The summed E-state index contributed by atoms with van der Waals surface area (Å²) in [6.07, 6.45) is 0.383. The number of nitrogens with zero attached hydrogens (tertiary/aromatic N) is 4. The van der Waals surface area contributed by atoms with Crippen LogP contribution in [0.2, 0.25) is 0 Å². The first kappa shape index (κ1) is 17.6. The van der Waals surface area contributed by atoms with Crippen LogP contribution in [0.1, 0.15) is 28.4 Å². The summed E-state index contributed by atoms with van der Waals surface area (Å²) in [7, 11) is 1.60. The lowest BCUT2D eigenvalue weighted by Crippen LogP contribution is -2.25. The summed E-state index contributed by atoms with van der Waals surface area (Å²) in [5.74, 6) is 0.170. The summed E-state index contributed by atoms with van der Waals surface area (Å²) in [5.41, 5.74) is 3.72. The first-order chi connectivity index (χ1) is 12.6. The van der Waals surface area contributed by atoms with Crippen molar-refractivity contribution in [3.8, 4) is 5.75 Å². The first-order valence-electron chi connectivity index (χ1n) is 8.27. The largest absolute Gasteiger partial charge is 0.496 e. The highest BCUT2D eigenvalue weighted by molar-refractivity contribution is 5.96. The lowest BCUT2D eigenvalue weighted by Gasteiger charge is -2.19. The highest BCUT2D eigenvalue weighted by atomic mass is 16.5. The molecule has 7 heteroatoms. The molecular weight excluding hydrogens is 330 g/mol. The fourth-order valence-corrected chi connectivity index (χ4v) is 2.77. The van der Waals surface area contributed by atoms with Gasteiger partial charge < -0.3 is 15.2 Å². The molecule has 1 aromatic heterocycles. The van der Waals surface area contributed by atoms with Gasteiger partial charge in [-0.2, -0.15) is 5.21 Å². The molecule has 134 valence electrons. The Bertz CT molecular complexity index is 893. The molecule has 0 fully saturated rings. The third kappa shape index (κ3) is 3.88. The zero-order valence-corrected chi connectivity index (χ0v) is 14.9. The summed E-state index contributed by atoms with van der Waals surface area (Å²) in [6, 6.07) is 13.5. The monoisotopic (exact) mass is 350 g/mol. The van der Waals surface area contributed by atoms with Crippen LogP contribution in [0.5, 0.6) is 5.75 Å². The first-order valence-corrected chi connectivity index (χ1v) is 8.27. The maximum Gasteiger partial charge on any atom is 0.232 e. The Labute approximate surface area is 151 Å². The minimum atomic E-state index is -0.624. The number of para-hydroxylation sites is 1. The predicted octanol–water partition coefficient (Wildman–Crippen LogP) is 2.42. The van der Waals surface area contributed by atoms with Gasteiger partial charge in [0.2, 0.25) is 5.91 Å². The molecular formula is C19H20N5O2-. The van der Waals surface area contributed by atoms with E-state index < -0.39 is 5.92 Å².